The number of hydrogen-bond acceptors (Lipinski definition) is 5. The minimum absolute atomic E-state index is 0.111. The molecule has 0 spiro atoms. The van der Waals surface area contributed by atoms with E-state index in [0.29, 0.717) is 6.54 Å². The molecule has 1 aliphatic heterocycles. The van der Waals surface area contributed by atoms with E-state index >= 15 is 0 Å². The number of carbonyl (C=O) groups excluding carboxylic acids is 1. The van der Waals surface area contributed by atoms with Crippen molar-refractivity contribution in [3.05, 3.63) is 31.0 Å². The molecule has 1 aliphatic carbocycles. The highest BCUT2D eigenvalue weighted by Crippen LogP contribution is 2.41. The number of nitrogens with one attached hydrogen (secondary N) is 2. The first-order valence-electron chi connectivity index (χ1n) is 8.37. The van der Waals surface area contributed by atoms with Crippen LogP contribution in [0.15, 0.2) is 31.0 Å². The summed E-state index contributed by atoms with van der Waals surface area (Å²) in [7, 11) is 0. The third-order valence-electron chi connectivity index (χ3n) is 4.75. The van der Waals surface area contributed by atoms with Gasteiger partial charge in [-0.3, -0.25) is 0 Å². The Bertz CT molecular complexity index is 705. The zero-order chi connectivity index (χ0) is 16.4. The molecular weight excluding hydrogens is 306 g/mol. The van der Waals surface area contributed by atoms with Gasteiger partial charge in [-0.05, 0) is 37.8 Å². The average Bonchev–Trinajstić information content (AvgIpc) is 3.03. The van der Waals surface area contributed by atoms with Crippen LogP contribution in [0, 0.1) is 0 Å². The molecule has 2 aromatic rings. The molecule has 24 heavy (non-hydrogen) atoms. The number of rotatable bonds is 5. The minimum Gasteiger partial charge on any atom is -0.355 e. The summed E-state index contributed by atoms with van der Waals surface area (Å²) >= 11 is 0. The lowest BCUT2D eigenvalue weighted by Crippen LogP contribution is -2.38. The molecule has 2 fully saturated rings. The Morgan fingerprint density at radius 2 is 2.12 bits per heavy atom. The summed E-state index contributed by atoms with van der Waals surface area (Å²) in [6, 6.07) is 3.52. The molecule has 126 valence electrons. The van der Waals surface area contributed by atoms with E-state index < -0.39 is 0 Å². The van der Waals surface area contributed by atoms with Crippen LogP contribution in [0.5, 0.6) is 0 Å². The van der Waals surface area contributed by atoms with E-state index in [1.165, 1.54) is 19.2 Å². The molecule has 0 unspecified atom stereocenters. The fraction of sp³-hybridized carbons (Fsp3) is 0.500. The molecule has 3 heterocycles. The minimum atomic E-state index is -0.213. The van der Waals surface area contributed by atoms with Gasteiger partial charge >= 0.3 is 6.03 Å². The van der Waals surface area contributed by atoms with Gasteiger partial charge in [-0.1, -0.05) is 0 Å². The van der Waals surface area contributed by atoms with Crippen LogP contribution in [0.1, 0.15) is 25.7 Å². The molecule has 0 radical (unpaired) electrons. The maximum atomic E-state index is 12.3. The summed E-state index contributed by atoms with van der Waals surface area (Å²) in [5.74, 6) is 0.850. The van der Waals surface area contributed by atoms with Crippen molar-refractivity contribution in [1.29, 1.82) is 0 Å². The van der Waals surface area contributed by atoms with Crippen LogP contribution in [0.25, 0.3) is 0 Å². The molecule has 8 nitrogen and oxygen atoms in total. The van der Waals surface area contributed by atoms with Crippen molar-refractivity contribution in [1.82, 2.24) is 25.1 Å². The standard InChI is InChI=1S/C16H21N7O/c24-15(19-10-16(5-6-16)23-12-17-11-20-23)21-13-4-3-7-18-14(13)22-8-1-2-9-22/h3-4,7,11-12H,1-2,5-6,8-10H2,(H2,19,21,24). The van der Waals surface area contributed by atoms with Gasteiger partial charge in [-0.2, -0.15) is 5.10 Å². The fourth-order valence-corrected chi connectivity index (χ4v) is 3.17. The van der Waals surface area contributed by atoms with Crippen LogP contribution in [-0.2, 0) is 5.54 Å². The second-order valence-electron chi connectivity index (χ2n) is 6.44. The maximum absolute atomic E-state index is 12.3. The van der Waals surface area contributed by atoms with Gasteiger partial charge in [0.15, 0.2) is 5.82 Å². The predicted molar refractivity (Wildman–Crippen MR) is 89.9 cm³/mol. The van der Waals surface area contributed by atoms with Gasteiger partial charge in [0, 0.05) is 25.8 Å². The summed E-state index contributed by atoms with van der Waals surface area (Å²) < 4.78 is 1.84. The van der Waals surface area contributed by atoms with E-state index in [0.717, 1.165) is 37.4 Å². The van der Waals surface area contributed by atoms with Crippen molar-refractivity contribution >= 4 is 17.5 Å². The highest BCUT2D eigenvalue weighted by molar-refractivity contribution is 5.92. The third kappa shape index (κ3) is 2.91. The van der Waals surface area contributed by atoms with Crippen molar-refractivity contribution < 1.29 is 4.79 Å². The Labute approximate surface area is 140 Å². The smallest absolute Gasteiger partial charge is 0.319 e. The third-order valence-corrected chi connectivity index (χ3v) is 4.75. The molecule has 2 aromatic heterocycles. The summed E-state index contributed by atoms with van der Waals surface area (Å²) in [6.45, 7) is 2.52. The molecule has 0 atom stereocenters. The summed E-state index contributed by atoms with van der Waals surface area (Å²) in [4.78, 5) is 23.0. The second-order valence-corrected chi connectivity index (χ2v) is 6.44. The van der Waals surface area contributed by atoms with Crippen molar-refractivity contribution in [2.75, 3.05) is 29.9 Å². The SMILES string of the molecule is O=C(NCC1(n2cncn2)CC1)Nc1cccnc1N1CCCC1. The van der Waals surface area contributed by atoms with Crippen molar-refractivity contribution in [2.45, 2.75) is 31.2 Å². The van der Waals surface area contributed by atoms with Crippen LogP contribution in [-0.4, -0.2) is 45.4 Å². The number of hydrogen-bond donors (Lipinski definition) is 2. The summed E-state index contributed by atoms with van der Waals surface area (Å²) in [5.41, 5.74) is 0.642. The van der Waals surface area contributed by atoms with Crippen LogP contribution >= 0.6 is 0 Å². The van der Waals surface area contributed by atoms with Gasteiger partial charge < -0.3 is 15.5 Å². The lowest BCUT2D eigenvalue weighted by molar-refractivity contribution is 0.248. The Morgan fingerprint density at radius 1 is 1.29 bits per heavy atom. The Balaban J connectivity index is 1.38. The van der Waals surface area contributed by atoms with E-state index in [1.807, 2.05) is 16.8 Å². The molecule has 1 saturated heterocycles. The van der Waals surface area contributed by atoms with Crippen molar-refractivity contribution in [2.24, 2.45) is 0 Å². The van der Waals surface area contributed by atoms with Gasteiger partial charge in [0.05, 0.1) is 11.2 Å². The van der Waals surface area contributed by atoms with E-state index in [4.69, 9.17) is 0 Å². The molecule has 0 bridgehead atoms. The first-order chi connectivity index (χ1) is 11.8. The van der Waals surface area contributed by atoms with Gasteiger partial charge in [-0.25, -0.2) is 19.4 Å². The Kier molecular flexibility index (Phi) is 3.79. The second kappa shape index (κ2) is 6.10. The number of nitrogens with zero attached hydrogens (tertiary/aromatic N) is 5. The molecule has 1 saturated carbocycles. The van der Waals surface area contributed by atoms with Crippen molar-refractivity contribution in [3.8, 4) is 0 Å². The van der Waals surface area contributed by atoms with Gasteiger partial charge in [0.25, 0.3) is 0 Å². The zero-order valence-electron chi connectivity index (χ0n) is 13.5. The molecule has 4 rings (SSSR count). The molecule has 2 amide bonds. The predicted octanol–water partition coefficient (Wildman–Crippen LogP) is 1.58. The number of urea groups is 1. The van der Waals surface area contributed by atoms with Crippen LogP contribution in [0.4, 0.5) is 16.3 Å². The Morgan fingerprint density at radius 3 is 2.83 bits per heavy atom. The van der Waals surface area contributed by atoms with Crippen LogP contribution < -0.4 is 15.5 Å². The number of aromatic nitrogens is 4. The van der Waals surface area contributed by atoms with Gasteiger partial charge in [-0.15, -0.1) is 0 Å². The van der Waals surface area contributed by atoms with Crippen molar-refractivity contribution in [3.63, 3.8) is 0 Å². The quantitative estimate of drug-likeness (QED) is 0.870. The first-order valence-corrected chi connectivity index (χ1v) is 8.37. The van der Waals surface area contributed by atoms with E-state index in [1.54, 1.807) is 12.5 Å². The van der Waals surface area contributed by atoms with E-state index in [9.17, 15) is 4.79 Å². The van der Waals surface area contributed by atoms with E-state index in [-0.39, 0.29) is 11.6 Å². The van der Waals surface area contributed by atoms with Gasteiger partial charge in [0.2, 0.25) is 0 Å². The molecule has 2 aliphatic rings. The maximum Gasteiger partial charge on any atom is 0.319 e. The monoisotopic (exact) mass is 327 g/mol. The highest BCUT2D eigenvalue weighted by atomic mass is 16.2. The lowest BCUT2D eigenvalue weighted by Gasteiger charge is -2.21. The van der Waals surface area contributed by atoms with E-state index in [2.05, 4.69) is 30.6 Å². The van der Waals surface area contributed by atoms with Crippen LogP contribution in [0.2, 0.25) is 0 Å². The lowest BCUT2D eigenvalue weighted by atomic mass is 10.3. The Hall–Kier alpha value is -2.64. The molecule has 0 aromatic carbocycles. The number of pyridine rings is 1. The summed E-state index contributed by atoms with van der Waals surface area (Å²) in [6.07, 6.45) is 9.34. The number of amides is 2. The average molecular weight is 327 g/mol. The zero-order valence-corrected chi connectivity index (χ0v) is 13.5. The van der Waals surface area contributed by atoms with Crippen LogP contribution in [0.3, 0.4) is 0 Å². The summed E-state index contributed by atoms with van der Waals surface area (Å²) in [5, 5.41) is 10.1. The van der Waals surface area contributed by atoms with Gasteiger partial charge in [0.1, 0.15) is 12.7 Å². The number of carbonyl (C=O) groups is 1. The molecular formula is C16H21N7O. The topological polar surface area (TPSA) is 88.0 Å². The number of anilines is 2. The molecule has 2 N–H and O–H groups in total. The first kappa shape index (κ1) is 14.9. The fourth-order valence-electron chi connectivity index (χ4n) is 3.17. The highest BCUT2D eigenvalue weighted by Gasteiger charge is 2.45. The normalized spacial score (nSPS) is 18.4. The largest absolute Gasteiger partial charge is 0.355 e. The molecule has 8 heteroatoms.